The Morgan fingerprint density at radius 3 is 1.79 bits per heavy atom. The van der Waals surface area contributed by atoms with E-state index >= 15 is 0 Å². The van der Waals surface area contributed by atoms with Crippen LogP contribution < -0.4 is 43.8 Å². The third-order valence-corrected chi connectivity index (χ3v) is 9.85. The Balaban J connectivity index is 2.27. The minimum Gasteiger partial charge on any atom is -0.481 e. The summed E-state index contributed by atoms with van der Waals surface area (Å²) >= 11 is 0. The number of nitrogens with one attached hydrogen (secondary N) is 5. The first-order valence-electron chi connectivity index (χ1n) is 19.5. The van der Waals surface area contributed by atoms with Crippen molar-refractivity contribution in [3.8, 4) is 0 Å². The molecule has 0 aliphatic carbocycles. The van der Waals surface area contributed by atoms with Crippen LogP contribution in [-0.4, -0.2) is 181 Å². The molecule has 61 heavy (non-hydrogen) atoms. The van der Waals surface area contributed by atoms with Crippen LogP contribution in [-0.2, 0) is 47.9 Å². The van der Waals surface area contributed by atoms with Crippen LogP contribution in [0.15, 0.2) is 4.99 Å². The van der Waals surface area contributed by atoms with Gasteiger partial charge in [-0.25, -0.2) is 4.79 Å². The van der Waals surface area contributed by atoms with Crippen molar-refractivity contribution in [1.29, 1.82) is 0 Å². The van der Waals surface area contributed by atoms with Crippen LogP contribution in [0.1, 0.15) is 71.6 Å². The summed E-state index contributed by atoms with van der Waals surface area (Å²) < 4.78 is 0. The van der Waals surface area contributed by atoms with Gasteiger partial charge >= 0.3 is 17.9 Å². The van der Waals surface area contributed by atoms with Gasteiger partial charge < -0.3 is 79.1 Å². The Labute approximate surface area is 349 Å². The fourth-order valence-corrected chi connectivity index (χ4v) is 6.56. The molecule has 2 fully saturated rings. The molecule has 2 heterocycles. The van der Waals surface area contributed by atoms with Crippen molar-refractivity contribution in [2.75, 3.05) is 26.2 Å². The van der Waals surface area contributed by atoms with Crippen LogP contribution in [0, 0.1) is 0 Å². The van der Waals surface area contributed by atoms with Crippen molar-refractivity contribution >= 4 is 65.2 Å². The van der Waals surface area contributed by atoms with Crippen molar-refractivity contribution in [2.45, 2.75) is 126 Å². The Bertz CT molecular complexity index is 1670. The van der Waals surface area contributed by atoms with Gasteiger partial charge in [0, 0.05) is 26.1 Å². The molecule has 0 spiro atoms. The zero-order valence-electron chi connectivity index (χ0n) is 33.8. The number of carboxylic acids is 3. The second kappa shape index (κ2) is 24.2. The minimum absolute atomic E-state index is 0.0269. The van der Waals surface area contributed by atoms with Crippen LogP contribution >= 0.6 is 0 Å². The average molecular weight is 872 g/mol. The van der Waals surface area contributed by atoms with E-state index in [0.717, 1.165) is 6.92 Å². The lowest BCUT2D eigenvalue weighted by atomic mass is 10.1. The van der Waals surface area contributed by atoms with Gasteiger partial charge in [0.2, 0.25) is 41.4 Å². The fraction of sp³-hybridized carbons (Fsp3) is 0.686. The van der Waals surface area contributed by atoms with Gasteiger partial charge in [-0.2, -0.15) is 0 Å². The van der Waals surface area contributed by atoms with Gasteiger partial charge in [0.15, 0.2) is 5.96 Å². The first-order valence-corrected chi connectivity index (χ1v) is 19.5. The Morgan fingerprint density at radius 2 is 1.25 bits per heavy atom. The van der Waals surface area contributed by atoms with Gasteiger partial charge in [0.1, 0.15) is 42.3 Å². The molecule has 2 aliphatic heterocycles. The Hall–Kier alpha value is -6.15. The molecule has 16 N–H and O–H groups in total. The van der Waals surface area contributed by atoms with Gasteiger partial charge in [-0.3, -0.25) is 48.1 Å². The number of hydrogen-bond donors (Lipinski definition) is 13. The summed E-state index contributed by atoms with van der Waals surface area (Å²) in [5.74, 6) is -11.4. The minimum atomic E-state index is -1.99. The number of aliphatic hydroxyl groups excluding tert-OH is 2. The number of rotatable bonds is 24. The summed E-state index contributed by atoms with van der Waals surface area (Å²) in [6.45, 7) is 1.93. The molecule has 9 atom stereocenters. The topological polar surface area (TPSA) is 429 Å². The lowest BCUT2D eigenvalue weighted by molar-refractivity contribution is -0.151. The normalized spacial score (nSPS) is 19.4. The monoisotopic (exact) mass is 871 g/mol. The highest BCUT2D eigenvalue weighted by molar-refractivity contribution is 5.98. The molecule has 2 rings (SSSR count). The summed E-state index contributed by atoms with van der Waals surface area (Å²) in [4.78, 5) is 134. The van der Waals surface area contributed by atoms with E-state index < -0.39 is 140 Å². The lowest BCUT2D eigenvalue weighted by Gasteiger charge is -2.30. The first-order chi connectivity index (χ1) is 28.5. The van der Waals surface area contributed by atoms with E-state index in [1.54, 1.807) is 0 Å². The maximum absolute atomic E-state index is 13.7. The molecule has 2 aliphatic rings. The molecule has 342 valence electrons. The van der Waals surface area contributed by atoms with E-state index in [2.05, 4.69) is 31.6 Å². The molecule has 0 radical (unpaired) electrons. The highest BCUT2D eigenvalue weighted by Gasteiger charge is 2.42. The van der Waals surface area contributed by atoms with E-state index in [1.807, 2.05) is 0 Å². The Morgan fingerprint density at radius 1 is 0.689 bits per heavy atom. The number of aliphatic carboxylic acids is 3. The number of nitrogens with two attached hydrogens (primary N) is 3. The lowest BCUT2D eigenvalue weighted by Crippen LogP contribution is -2.61. The molecule has 26 nitrogen and oxygen atoms in total. The standard InChI is InChI=1S/C35H57N11O15/c1-16(47)26(36)31(57)44-27(17(2)48)32(58)43-20(14-25(52)53)30(56)42-19(9-10-24(50)51)29(55)41-18(6-3-11-39-35(37)38)28(54)40-15-23(49)45-12-4-7-21(45)33(59)46-13-5-8-22(46)34(60)61/h16-22,26-27,47-48H,3-15,36H2,1-2H3,(H,40,54)(H,41,55)(H,42,56)(H,43,58)(H,44,57)(H,50,51)(H,52,53)(H,60,61)(H4,37,38,39)/t16-,17-,18+,19+,20+,21+,22+,26+,27+/m1/s1. The predicted molar refractivity (Wildman–Crippen MR) is 208 cm³/mol. The second-order valence-corrected chi connectivity index (χ2v) is 14.6. The van der Waals surface area contributed by atoms with E-state index in [-0.39, 0.29) is 51.3 Å². The summed E-state index contributed by atoms with van der Waals surface area (Å²) in [6, 6.07) is -10.6. The van der Waals surface area contributed by atoms with Crippen molar-refractivity contribution in [2.24, 2.45) is 22.2 Å². The number of aliphatic hydroxyl groups is 2. The van der Waals surface area contributed by atoms with Crippen LogP contribution in [0.3, 0.4) is 0 Å². The Kier molecular flexibility index (Phi) is 20.2. The molecular weight excluding hydrogens is 814 g/mol. The molecule has 2 saturated heterocycles. The highest BCUT2D eigenvalue weighted by Crippen LogP contribution is 2.25. The SMILES string of the molecule is C[C@@H](O)[C@H](N)C(=O)N[C@H](C(=O)N[C@@H](CC(=O)O)C(=O)N[C@@H](CCC(=O)O)C(=O)N[C@@H](CCCN=C(N)N)C(=O)NCC(=O)N1CCC[C@H]1C(=O)N1CCC[C@H]1C(=O)O)[C@@H](C)O. The molecule has 0 saturated carbocycles. The summed E-state index contributed by atoms with van der Waals surface area (Å²) in [5, 5.41) is 59.3. The van der Waals surface area contributed by atoms with Gasteiger partial charge in [-0.1, -0.05) is 0 Å². The number of carbonyl (C=O) groups excluding carboxylic acids is 7. The second-order valence-electron chi connectivity index (χ2n) is 14.6. The maximum Gasteiger partial charge on any atom is 0.326 e. The molecule has 0 aromatic heterocycles. The largest absolute Gasteiger partial charge is 0.481 e. The first kappa shape index (κ1) is 51.0. The van der Waals surface area contributed by atoms with E-state index in [0.29, 0.717) is 12.8 Å². The molecule has 0 unspecified atom stereocenters. The zero-order chi connectivity index (χ0) is 46.1. The fourth-order valence-electron chi connectivity index (χ4n) is 6.56. The van der Waals surface area contributed by atoms with Crippen LogP contribution in [0.4, 0.5) is 0 Å². The number of hydrogen-bond acceptors (Lipinski definition) is 14. The number of likely N-dealkylation sites (tertiary alicyclic amines) is 2. The van der Waals surface area contributed by atoms with E-state index in [4.69, 9.17) is 17.2 Å². The van der Waals surface area contributed by atoms with Crippen molar-refractivity contribution < 1.29 is 73.5 Å². The molecule has 26 heteroatoms. The maximum atomic E-state index is 13.7. The average Bonchev–Trinajstić information content (AvgIpc) is 3.88. The molecule has 0 bridgehead atoms. The van der Waals surface area contributed by atoms with Gasteiger partial charge in [-0.15, -0.1) is 0 Å². The summed E-state index contributed by atoms with van der Waals surface area (Å²) in [5.41, 5.74) is 16.3. The molecule has 0 aromatic carbocycles. The van der Waals surface area contributed by atoms with Crippen LogP contribution in [0.2, 0.25) is 0 Å². The van der Waals surface area contributed by atoms with Gasteiger partial charge in [0.05, 0.1) is 25.2 Å². The smallest absolute Gasteiger partial charge is 0.326 e. The number of carbonyl (C=O) groups is 10. The number of guanidine groups is 1. The third-order valence-electron chi connectivity index (χ3n) is 9.85. The molecule has 0 aromatic rings. The van der Waals surface area contributed by atoms with E-state index in [9.17, 15) is 73.5 Å². The summed E-state index contributed by atoms with van der Waals surface area (Å²) in [6.07, 6.45) is -4.15. The van der Waals surface area contributed by atoms with Gasteiger partial charge in [-0.05, 0) is 58.8 Å². The van der Waals surface area contributed by atoms with Crippen molar-refractivity contribution in [3.05, 3.63) is 0 Å². The zero-order valence-corrected chi connectivity index (χ0v) is 33.8. The number of carboxylic acid groups (broad SMARTS) is 3. The highest BCUT2D eigenvalue weighted by atomic mass is 16.4. The third kappa shape index (κ3) is 16.1. The van der Waals surface area contributed by atoms with E-state index in [1.165, 1.54) is 16.7 Å². The van der Waals surface area contributed by atoms with Crippen molar-refractivity contribution in [3.63, 3.8) is 0 Å². The number of aliphatic imine (C=N–C) groups is 1. The van der Waals surface area contributed by atoms with Crippen molar-refractivity contribution in [1.82, 2.24) is 36.4 Å². The van der Waals surface area contributed by atoms with Crippen LogP contribution in [0.5, 0.6) is 0 Å². The summed E-state index contributed by atoms with van der Waals surface area (Å²) in [7, 11) is 0. The number of nitrogens with zero attached hydrogens (tertiary/aromatic N) is 3. The quantitative estimate of drug-likeness (QED) is 0.0244. The number of amides is 7. The van der Waals surface area contributed by atoms with Gasteiger partial charge in [0.25, 0.3) is 0 Å². The predicted octanol–water partition coefficient (Wildman–Crippen LogP) is -6.41. The van der Waals surface area contributed by atoms with Crippen LogP contribution in [0.25, 0.3) is 0 Å². The molecular formula is C35H57N11O15. The molecule has 7 amide bonds.